The first-order chi connectivity index (χ1) is 14.1. The summed E-state index contributed by atoms with van der Waals surface area (Å²) < 4.78 is 1.60. The molecule has 0 aliphatic heterocycles. The first-order valence-corrected chi connectivity index (χ1v) is 9.76. The van der Waals surface area contributed by atoms with Gasteiger partial charge < -0.3 is 5.32 Å². The lowest BCUT2D eigenvalue weighted by molar-refractivity contribution is -0.113. The molecule has 0 saturated carbocycles. The van der Waals surface area contributed by atoms with Crippen molar-refractivity contribution in [2.24, 2.45) is 0 Å². The van der Waals surface area contributed by atoms with Crippen LogP contribution in [0.5, 0.6) is 0 Å². The van der Waals surface area contributed by atoms with Gasteiger partial charge >= 0.3 is 0 Å². The lowest BCUT2D eigenvalue weighted by Crippen LogP contribution is -2.14. The normalized spacial score (nSPS) is 10.8. The highest BCUT2D eigenvalue weighted by Gasteiger charge is 2.12. The third-order valence-electron chi connectivity index (χ3n) is 4.05. The number of benzene rings is 1. The topological polar surface area (TPSA) is 102 Å². The molecule has 1 amide bonds. The number of aromatic nitrogens is 5. The first-order valence-electron chi connectivity index (χ1n) is 8.78. The number of Topliss-reactive ketones (excluding diaryl/α,β-unsaturated/α-hetero) is 1. The molecule has 0 radical (unpaired) electrons. The van der Waals surface area contributed by atoms with Crippen molar-refractivity contribution in [3.8, 4) is 11.4 Å². The number of pyridine rings is 1. The second-order valence-corrected chi connectivity index (χ2v) is 7.10. The number of carbonyl (C=O) groups excluding carboxylic acids is 2. The Labute approximate surface area is 170 Å². The Bertz CT molecular complexity index is 1190. The SMILES string of the molecule is CC(=O)c1cccc(NC(=O)CSc2nnc3ccc(-c4ccccn4)nn23)c1. The van der Waals surface area contributed by atoms with Crippen LogP contribution in [0, 0.1) is 0 Å². The fourth-order valence-electron chi connectivity index (χ4n) is 2.65. The summed E-state index contributed by atoms with van der Waals surface area (Å²) in [6, 6.07) is 16.1. The van der Waals surface area contributed by atoms with E-state index in [1.807, 2.05) is 24.3 Å². The Kier molecular flexibility index (Phi) is 5.30. The Balaban J connectivity index is 1.47. The Morgan fingerprint density at radius 1 is 1.03 bits per heavy atom. The molecule has 0 saturated heterocycles. The molecule has 1 N–H and O–H groups in total. The maximum Gasteiger partial charge on any atom is 0.234 e. The average Bonchev–Trinajstić information content (AvgIpc) is 3.15. The van der Waals surface area contributed by atoms with Crippen molar-refractivity contribution < 1.29 is 9.59 Å². The summed E-state index contributed by atoms with van der Waals surface area (Å²) in [5.41, 5.74) is 3.13. The first kappa shape index (κ1) is 18.8. The number of fused-ring (bicyclic) bond motifs is 1. The van der Waals surface area contributed by atoms with E-state index in [1.54, 1.807) is 41.0 Å². The van der Waals surface area contributed by atoms with Crippen LogP contribution in [0.2, 0.25) is 0 Å². The fraction of sp³-hybridized carbons (Fsp3) is 0.100. The molecule has 29 heavy (non-hydrogen) atoms. The van der Waals surface area contributed by atoms with Crippen LogP contribution in [0.1, 0.15) is 17.3 Å². The van der Waals surface area contributed by atoms with E-state index >= 15 is 0 Å². The van der Waals surface area contributed by atoms with Gasteiger partial charge in [0.05, 0.1) is 11.4 Å². The number of rotatable bonds is 6. The van der Waals surface area contributed by atoms with Gasteiger partial charge in [-0.15, -0.1) is 10.2 Å². The standard InChI is InChI=1S/C20H16N6O2S/c1-13(27)14-5-4-6-15(11-14)22-19(28)12-29-20-24-23-18-9-8-17(25-26(18)20)16-7-2-3-10-21-16/h2-11H,12H2,1H3,(H,22,28). The van der Waals surface area contributed by atoms with Crippen LogP contribution < -0.4 is 5.32 Å². The van der Waals surface area contributed by atoms with Crippen molar-refractivity contribution in [1.82, 2.24) is 24.8 Å². The molecule has 1 aromatic carbocycles. The molecule has 9 heteroatoms. The molecular formula is C20H16N6O2S. The van der Waals surface area contributed by atoms with Gasteiger partial charge in [-0.05, 0) is 43.3 Å². The molecule has 0 spiro atoms. The minimum absolute atomic E-state index is 0.0554. The quantitative estimate of drug-likeness (QED) is 0.389. The maximum absolute atomic E-state index is 12.3. The van der Waals surface area contributed by atoms with Crippen molar-refractivity contribution in [2.75, 3.05) is 11.1 Å². The van der Waals surface area contributed by atoms with Gasteiger partial charge in [-0.25, -0.2) is 0 Å². The molecule has 0 aliphatic rings. The Morgan fingerprint density at radius 2 is 1.93 bits per heavy atom. The summed E-state index contributed by atoms with van der Waals surface area (Å²) in [5, 5.41) is 16.0. The van der Waals surface area contributed by atoms with Gasteiger partial charge in [0.25, 0.3) is 0 Å². The third-order valence-corrected chi connectivity index (χ3v) is 4.97. The monoisotopic (exact) mass is 404 g/mol. The van der Waals surface area contributed by atoms with Crippen LogP contribution in [0.3, 0.4) is 0 Å². The zero-order valence-corrected chi connectivity index (χ0v) is 16.3. The van der Waals surface area contributed by atoms with Gasteiger partial charge in [0.2, 0.25) is 11.1 Å². The van der Waals surface area contributed by atoms with Gasteiger partial charge in [-0.3, -0.25) is 14.6 Å². The fourth-order valence-corrected chi connectivity index (χ4v) is 3.34. The molecule has 0 unspecified atom stereocenters. The second-order valence-electron chi connectivity index (χ2n) is 6.16. The smallest absolute Gasteiger partial charge is 0.234 e. The number of nitrogens with zero attached hydrogens (tertiary/aromatic N) is 5. The summed E-state index contributed by atoms with van der Waals surface area (Å²) in [5.74, 6) is -0.144. The van der Waals surface area contributed by atoms with E-state index in [-0.39, 0.29) is 17.4 Å². The number of carbonyl (C=O) groups is 2. The number of thioether (sulfide) groups is 1. The minimum Gasteiger partial charge on any atom is -0.325 e. The molecule has 0 atom stereocenters. The molecule has 0 bridgehead atoms. The molecule has 4 aromatic rings. The predicted octanol–water partition coefficient (Wildman–Crippen LogP) is 3.12. The number of nitrogens with one attached hydrogen (secondary N) is 1. The van der Waals surface area contributed by atoms with E-state index in [2.05, 4.69) is 25.6 Å². The number of ketones is 1. The minimum atomic E-state index is -0.215. The molecule has 8 nitrogen and oxygen atoms in total. The lowest BCUT2D eigenvalue weighted by atomic mass is 10.1. The van der Waals surface area contributed by atoms with Crippen molar-refractivity contribution in [3.63, 3.8) is 0 Å². The van der Waals surface area contributed by atoms with Crippen LogP contribution in [-0.2, 0) is 4.79 Å². The summed E-state index contributed by atoms with van der Waals surface area (Å²) in [4.78, 5) is 28.1. The van der Waals surface area contributed by atoms with E-state index < -0.39 is 0 Å². The third kappa shape index (κ3) is 4.30. The summed E-state index contributed by atoms with van der Waals surface area (Å²) in [6.45, 7) is 1.49. The van der Waals surface area contributed by atoms with Crippen molar-refractivity contribution in [1.29, 1.82) is 0 Å². The Hall–Kier alpha value is -3.59. The van der Waals surface area contributed by atoms with Gasteiger partial charge in [0, 0.05) is 17.4 Å². The second kappa shape index (κ2) is 8.19. The molecule has 3 heterocycles. The van der Waals surface area contributed by atoms with Crippen molar-refractivity contribution >= 4 is 34.8 Å². The van der Waals surface area contributed by atoms with Gasteiger partial charge in [0.15, 0.2) is 11.4 Å². The maximum atomic E-state index is 12.3. The molecule has 0 fully saturated rings. The van der Waals surface area contributed by atoms with Crippen LogP contribution in [0.15, 0.2) is 66.0 Å². The van der Waals surface area contributed by atoms with Crippen molar-refractivity contribution in [2.45, 2.75) is 12.1 Å². The van der Waals surface area contributed by atoms with Crippen molar-refractivity contribution in [3.05, 3.63) is 66.4 Å². The average molecular weight is 404 g/mol. The van der Waals surface area contributed by atoms with Crippen LogP contribution in [0.25, 0.3) is 17.0 Å². The number of hydrogen-bond donors (Lipinski definition) is 1. The van der Waals surface area contributed by atoms with E-state index in [9.17, 15) is 9.59 Å². The zero-order valence-electron chi connectivity index (χ0n) is 15.4. The molecule has 144 valence electrons. The van der Waals surface area contributed by atoms with Crippen LogP contribution in [-0.4, -0.2) is 42.2 Å². The number of amides is 1. The van der Waals surface area contributed by atoms with Crippen LogP contribution in [0.4, 0.5) is 5.69 Å². The lowest BCUT2D eigenvalue weighted by Gasteiger charge is -2.06. The van der Waals surface area contributed by atoms with E-state index in [0.29, 0.717) is 27.7 Å². The van der Waals surface area contributed by atoms with E-state index in [4.69, 9.17) is 0 Å². The van der Waals surface area contributed by atoms with Crippen LogP contribution >= 0.6 is 11.8 Å². The predicted molar refractivity (Wildman–Crippen MR) is 110 cm³/mol. The Morgan fingerprint density at radius 3 is 2.72 bits per heavy atom. The zero-order chi connectivity index (χ0) is 20.2. The summed E-state index contributed by atoms with van der Waals surface area (Å²) in [6.07, 6.45) is 1.70. The highest BCUT2D eigenvalue weighted by molar-refractivity contribution is 7.99. The van der Waals surface area contributed by atoms with Gasteiger partial charge in [-0.1, -0.05) is 30.0 Å². The van der Waals surface area contributed by atoms with E-state index in [1.165, 1.54) is 18.7 Å². The van der Waals surface area contributed by atoms with E-state index in [0.717, 1.165) is 5.69 Å². The molecule has 0 aliphatic carbocycles. The molecule has 3 aromatic heterocycles. The molecule has 4 rings (SSSR count). The number of anilines is 1. The largest absolute Gasteiger partial charge is 0.325 e. The van der Waals surface area contributed by atoms with Gasteiger partial charge in [-0.2, -0.15) is 9.61 Å². The number of hydrogen-bond acceptors (Lipinski definition) is 7. The van der Waals surface area contributed by atoms with Gasteiger partial charge in [0.1, 0.15) is 5.69 Å². The molecular weight excluding hydrogens is 388 g/mol. The highest BCUT2D eigenvalue weighted by atomic mass is 32.2. The summed E-state index contributed by atoms with van der Waals surface area (Å²) in [7, 11) is 0. The highest BCUT2D eigenvalue weighted by Crippen LogP contribution is 2.20. The summed E-state index contributed by atoms with van der Waals surface area (Å²) >= 11 is 1.23.